The molecule has 1 aliphatic rings. The lowest BCUT2D eigenvalue weighted by molar-refractivity contribution is -0.123. The van der Waals surface area contributed by atoms with Gasteiger partial charge in [0.05, 0.1) is 5.71 Å². The maximum atomic E-state index is 11.7. The molecular formula is C16H22N2O3. The third-order valence-electron chi connectivity index (χ3n) is 3.64. The van der Waals surface area contributed by atoms with Crippen molar-refractivity contribution in [2.75, 3.05) is 6.61 Å². The lowest BCUT2D eigenvalue weighted by Crippen LogP contribution is -2.36. The molecule has 2 rings (SSSR count). The fourth-order valence-electron chi connectivity index (χ4n) is 2.52. The second kappa shape index (κ2) is 7.67. The van der Waals surface area contributed by atoms with Crippen LogP contribution < -0.4 is 10.1 Å². The fourth-order valence-corrected chi connectivity index (χ4v) is 2.52. The number of rotatable bonds is 6. The highest BCUT2D eigenvalue weighted by molar-refractivity contribution is 5.83. The van der Waals surface area contributed by atoms with E-state index in [4.69, 9.17) is 9.94 Å². The van der Waals surface area contributed by atoms with E-state index in [0.29, 0.717) is 23.9 Å². The second-order valence-corrected chi connectivity index (χ2v) is 5.49. The van der Waals surface area contributed by atoms with Gasteiger partial charge in [-0.1, -0.05) is 30.1 Å². The Morgan fingerprint density at radius 3 is 2.62 bits per heavy atom. The second-order valence-electron chi connectivity index (χ2n) is 5.49. The van der Waals surface area contributed by atoms with Gasteiger partial charge in [-0.05, 0) is 37.5 Å². The van der Waals surface area contributed by atoms with Gasteiger partial charge in [-0.15, -0.1) is 0 Å². The predicted molar refractivity (Wildman–Crippen MR) is 80.9 cm³/mol. The molecule has 0 aromatic heterocycles. The van der Waals surface area contributed by atoms with Gasteiger partial charge in [0.15, 0.2) is 6.61 Å². The molecule has 21 heavy (non-hydrogen) atoms. The highest BCUT2D eigenvalue weighted by atomic mass is 16.5. The number of amides is 1. The molecule has 0 heterocycles. The normalized spacial score (nSPS) is 16.0. The summed E-state index contributed by atoms with van der Waals surface area (Å²) < 4.78 is 5.47. The van der Waals surface area contributed by atoms with Gasteiger partial charge in [-0.2, -0.15) is 0 Å². The molecule has 0 aliphatic heterocycles. The monoisotopic (exact) mass is 290 g/mol. The van der Waals surface area contributed by atoms with Gasteiger partial charge in [-0.25, -0.2) is 0 Å². The Hall–Kier alpha value is -2.04. The summed E-state index contributed by atoms with van der Waals surface area (Å²) >= 11 is 0. The van der Waals surface area contributed by atoms with Crippen LogP contribution in [0.25, 0.3) is 0 Å². The maximum absolute atomic E-state index is 11.7. The first-order chi connectivity index (χ1) is 10.2. The van der Waals surface area contributed by atoms with Crippen molar-refractivity contribution in [2.24, 2.45) is 5.16 Å². The highest BCUT2D eigenvalue weighted by Crippen LogP contribution is 2.17. The number of nitrogens with one attached hydrogen (secondary N) is 1. The third-order valence-corrected chi connectivity index (χ3v) is 3.64. The summed E-state index contributed by atoms with van der Waals surface area (Å²) in [4.78, 5) is 11.7. The van der Waals surface area contributed by atoms with Crippen molar-refractivity contribution < 1.29 is 14.7 Å². The summed E-state index contributed by atoms with van der Waals surface area (Å²) in [5.41, 5.74) is 1.69. The van der Waals surface area contributed by atoms with Crippen molar-refractivity contribution in [3.8, 4) is 5.75 Å². The Kier molecular flexibility index (Phi) is 5.60. The van der Waals surface area contributed by atoms with Crippen molar-refractivity contribution in [1.29, 1.82) is 0 Å². The van der Waals surface area contributed by atoms with Crippen molar-refractivity contribution in [2.45, 2.75) is 45.1 Å². The average molecular weight is 290 g/mol. The lowest BCUT2D eigenvalue weighted by Gasteiger charge is -2.12. The standard InChI is InChI=1S/C16H22N2O3/c1-12(18-20)10-13-6-8-15(9-7-13)21-11-16(19)17-14-4-2-3-5-14/h6-9,14,20H,2-5,10-11H2,1H3,(H,17,19)/b18-12-. The van der Waals surface area contributed by atoms with Gasteiger partial charge >= 0.3 is 0 Å². The number of benzene rings is 1. The molecule has 5 nitrogen and oxygen atoms in total. The quantitative estimate of drug-likeness (QED) is 0.480. The van der Waals surface area contributed by atoms with E-state index in [1.807, 2.05) is 24.3 Å². The number of nitrogens with zero attached hydrogens (tertiary/aromatic N) is 1. The van der Waals surface area contributed by atoms with Gasteiger partial charge in [0, 0.05) is 12.5 Å². The van der Waals surface area contributed by atoms with Crippen LogP contribution in [0.15, 0.2) is 29.4 Å². The zero-order chi connectivity index (χ0) is 15.1. The van der Waals surface area contributed by atoms with Crippen LogP contribution in [-0.4, -0.2) is 29.5 Å². The molecule has 1 amide bonds. The van der Waals surface area contributed by atoms with E-state index in [2.05, 4.69) is 10.5 Å². The predicted octanol–water partition coefficient (Wildman–Crippen LogP) is 2.52. The van der Waals surface area contributed by atoms with E-state index in [9.17, 15) is 4.79 Å². The van der Waals surface area contributed by atoms with Gasteiger partial charge in [0.25, 0.3) is 5.91 Å². The van der Waals surface area contributed by atoms with E-state index in [1.54, 1.807) is 6.92 Å². The minimum Gasteiger partial charge on any atom is -0.484 e. The number of oxime groups is 1. The van der Waals surface area contributed by atoms with Crippen LogP contribution in [0.3, 0.4) is 0 Å². The highest BCUT2D eigenvalue weighted by Gasteiger charge is 2.17. The molecule has 0 spiro atoms. The number of carbonyl (C=O) groups excluding carboxylic acids is 1. The van der Waals surface area contributed by atoms with Gasteiger partial charge < -0.3 is 15.3 Å². The molecular weight excluding hydrogens is 268 g/mol. The smallest absolute Gasteiger partial charge is 0.258 e. The Bertz CT molecular complexity index is 491. The summed E-state index contributed by atoms with van der Waals surface area (Å²) in [5, 5.41) is 14.8. The largest absolute Gasteiger partial charge is 0.484 e. The number of carbonyl (C=O) groups is 1. The Labute approximate surface area is 125 Å². The van der Waals surface area contributed by atoms with Crippen molar-refractivity contribution >= 4 is 11.6 Å². The molecule has 0 atom stereocenters. The summed E-state index contributed by atoms with van der Waals surface area (Å²) in [7, 11) is 0. The van der Waals surface area contributed by atoms with Crippen molar-refractivity contribution in [1.82, 2.24) is 5.32 Å². The minimum absolute atomic E-state index is 0.0486. The topological polar surface area (TPSA) is 70.9 Å². The zero-order valence-electron chi connectivity index (χ0n) is 12.3. The summed E-state index contributed by atoms with van der Waals surface area (Å²) in [6, 6.07) is 7.77. The number of ether oxygens (including phenoxy) is 1. The Morgan fingerprint density at radius 2 is 2.00 bits per heavy atom. The summed E-state index contributed by atoms with van der Waals surface area (Å²) in [6.45, 7) is 1.81. The molecule has 0 radical (unpaired) electrons. The van der Waals surface area contributed by atoms with Crippen LogP contribution in [0.1, 0.15) is 38.2 Å². The van der Waals surface area contributed by atoms with Crippen LogP contribution in [0.4, 0.5) is 0 Å². The Morgan fingerprint density at radius 1 is 1.33 bits per heavy atom. The van der Waals surface area contributed by atoms with Crippen LogP contribution >= 0.6 is 0 Å². The van der Waals surface area contributed by atoms with Crippen LogP contribution in [0, 0.1) is 0 Å². The van der Waals surface area contributed by atoms with Crippen molar-refractivity contribution in [3.63, 3.8) is 0 Å². The molecule has 114 valence electrons. The molecule has 5 heteroatoms. The first kappa shape index (κ1) is 15.4. The molecule has 1 fully saturated rings. The van der Waals surface area contributed by atoms with E-state index in [0.717, 1.165) is 18.4 Å². The van der Waals surface area contributed by atoms with Gasteiger partial charge in [0.1, 0.15) is 5.75 Å². The van der Waals surface area contributed by atoms with Crippen molar-refractivity contribution in [3.05, 3.63) is 29.8 Å². The molecule has 1 aromatic carbocycles. The fraction of sp³-hybridized carbons (Fsp3) is 0.500. The van der Waals surface area contributed by atoms with E-state index < -0.39 is 0 Å². The Balaban J connectivity index is 1.76. The molecule has 0 bridgehead atoms. The average Bonchev–Trinajstić information content (AvgIpc) is 2.99. The molecule has 2 N–H and O–H groups in total. The zero-order valence-corrected chi connectivity index (χ0v) is 12.3. The van der Waals surface area contributed by atoms with E-state index in [1.165, 1.54) is 12.8 Å². The lowest BCUT2D eigenvalue weighted by atomic mass is 10.1. The summed E-state index contributed by atoms with van der Waals surface area (Å²) in [5.74, 6) is 0.605. The number of hydrogen-bond acceptors (Lipinski definition) is 4. The first-order valence-electron chi connectivity index (χ1n) is 7.36. The van der Waals surface area contributed by atoms with Gasteiger partial charge in [0.2, 0.25) is 0 Å². The summed E-state index contributed by atoms with van der Waals surface area (Å²) in [6.07, 6.45) is 5.14. The molecule has 0 saturated heterocycles. The minimum atomic E-state index is -0.0609. The number of hydrogen-bond donors (Lipinski definition) is 2. The SMILES string of the molecule is C/C(Cc1ccc(OCC(=O)NC2CCCC2)cc1)=N/O. The molecule has 1 aliphatic carbocycles. The maximum Gasteiger partial charge on any atom is 0.258 e. The van der Waals surface area contributed by atoms with Crippen LogP contribution in [-0.2, 0) is 11.2 Å². The molecule has 0 unspecified atom stereocenters. The van der Waals surface area contributed by atoms with Gasteiger partial charge in [-0.3, -0.25) is 4.79 Å². The van der Waals surface area contributed by atoms with E-state index in [-0.39, 0.29) is 12.5 Å². The van der Waals surface area contributed by atoms with Crippen LogP contribution in [0.2, 0.25) is 0 Å². The van der Waals surface area contributed by atoms with Crippen LogP contribution in [0.5, 0.6) is 5.75 Å². The third kappa shape index (κ3) is 5.10. The van der Waals surface area contributed by atoms with E-state index >= 15 is 0 Å². The first-order valence-corrected chi connectivity index (χ1v) is 7.36. The molecule has 1 saturated carbocycles. The molecule has 1 aromatic rings.